The Labute approximate surface area is 310 Å². The molecule has 3 aliphatic rings. The number of rotatable bonds is 8. The molecule has 18 atom stereocenters. The monoisotopic (exact) mass is 747 g/mol. The van der Waals surface area contributed by atoms with Crippen LogP contribution in [-0.4, -0.2) is 150 Å². The Morgan fingerprint density at radius 1 is 0.846 bits per heavy atom. The molecule has 0 aromatic heterocycles. The first-order chi connectivity index (χ1) is 24.0. The van der Waals surface area contributed by atoms with Crippen LogP contribution in [0.3, 0.4) is 0 Å². The molecular weight excluding hydrogens is 678 g/mol. The molecule has 0 aromatic carbocycles. The van der Waals surface area contributed by atoms with Crippen LogP contribution in [0.2, 0.25) is 0 Å². The number of ether oxygens (including phenoxy) is 7. The standard InChI is InChI=1S/C38H69NO13/c1-15-26-38(10,45)31(42)21(4)28(40)19(2)17-37(9,47-14)33(52-35-29(41)25(39(11)12)16-20(3)48-35)22(5)30(23(6)34(44)50-26)51-27-18-36(8,46-13)32(43)24(7)49-27/h19-27,29-33,35,41-43,45H,15-18H2,1-14H3/t19-,20-,21?,22+,23-,24+,25+,26-,27?,29-,30+,31-,32+,33-,35+,36-,37?,38-/m1/s1. The minimum atomic E-state index is -1.96. The summed E-state index contributed by atoms with van der Waals surface area (Å²) in [7, 11) is 6.77. The topological polar surface area (TPSA) is 183 Å². The summed E-state index contributed by atoms with van der Waals surface area (Å²) >= 11 is 0. The zero-order valence-electron chi connectivity index (χ0n) is 33.9. The number of likely N-dealkylation sites (N-methyl/N-ethyl adjacent to an activating group) is 1. The predicted molar refractivity (Wildman–Crippen MR) is 191 cm³/mol. The molecule has 3 aliphatic heterocycles. The zero-order valence-corrected chi connectivity index (χ0v) is 33.9. The number of hydrogen-bond acceptors (Lipinski definition) is 14. The van der Waals surface area contributed by atoms with Gasteiger partial charge in [0.25, 0.3) is 0 Å². The van der Waals surface area contributed by atoms with E-state index >= 15 is 0 Å². The van der Waals surface area contributed by atoms with E-state index in [2.05, 4.69) is 0 Å². The molecule has 14 nitrogen and oxygen atoms in total. The number of Topliss-reactive ketones (excluding diaryl/α,β-unsaturated/α-hetero) is 1. The van der Waals surface area contributed by atoms with E-state index in [0.717, 1.165) is 0 Å². The fraction of sp³-hybridized carbons (Fsp3) is 0.947. The molecule has 14 heteroatoms. The summed E-state index contributed by atoms with van der Waals surface area (Å²) in [6, 6.07) is -0.283. The molecule has 3 heterocycles. The van der Waals surface area contributed by atoms with Gasteiger partial charge in [-0.25, -0.2) is 0 Å². The molecular formula is C38H69NO13. The quantitative estimate of drug-likeness (QED) is 0.266. The SMILES string of the molecule is CC[C@H]1OC(=O)[C@H](C)[C@@H](OC2C[C@@](C)(OC)[C@@H](O)[C@H](C)O2)[C@H](C)[C@@H](O[C@@H]2O[C@H](C)C[C@H](N(C)C)[C@H]2O)C(C)(OC)C[C@@H](C)C(=O)C(C)[C@@H](O)[C@]1(C)O. The van der Waals surface area contributed by atoms with Crippen molar-refractivity contribution in [3.05, 3.63) is 0 Å². The number of cyclic esters (lactones) is 1. The number of aliphatic hydroxyl groups is 4. The number of carbonyl (C=O) groups excluding carboxylic acids is 2. The van der Waals surface area contributed by atoms with Gasteiger partial charge in [0.2, 0.25) is 0 Å². The van der Waals surface area contributed by atoms with Crippen molar-refractivity contribution in [2.75, 3.05) is 28.3 Å². The molecule has 3 rings (SSSR count). The molecule has 0 bridgehead atoms. The second-order valence-corrected chi connectivity index (χ2v) is 16.6. The Hall–Kier alpha value is -1.30. The van der Waals surface area contributed by atoms with Crippen LogP contribution in [0.4, 0.5) is 0 Å². The maximum atomic E-state index is 14.2. The number of aliphatic hydroxyl groups excluding tert-OH is 3. The van der Waals surface area contributed by atoms with Gasteiger partial charge in [0.15, 0.2) is 12.6 Å². The lowest BCUT2D eigenvalue weighted by Gasteiger charge is -2.50. The van der Waals surface area contributed by atoms with E-state index in [-0.39, 0.29) is 37.2 Å². The van der Waals surface area contributed by atoms with Gasteiger partial charge in [-0.15, -0.1) is 0 Å². The predicted octanol–water partition coefficient (Wildman–Crippen LogP) is 2.44. The molecule has 0 amide bonds. The van der Waals surface area contributed by atoms with Crippen molar-refractivity contribution in [2.45, 2.75) is 179 Å². The van der Waals surface area contributed by atoms with Gasteiger partial charge in [0.1, 0.15) is 29.7 Å². The van der Waals surface area contributed by atoms with Crippen LogP contribution in [0.1, 0.15) is 94.9 Å². The summed E-state index contributed by atoms with van der Waals surface area (Å²) in [6.07, 6.45) is -8.73. The molecule has 0 saturated carbocycles. The maximum absolute atomic E-state index is 14.2. The molecule has 3 fully saturated rings. The van der Waals surface area contributed by atoms with Gasteiger partial charge in [-0.05, 0) is 74.9 Å². The lowest BCUT2D eigenvalue weighted by atomic mass is 9.74. The average Bonchev–Trinajstić information content (AvgIpc) is 3.09. The van der Waals surface area contributed by atoms with Crippen molar-refractivity contribution >= 4 is 11.8 Å². The van der Waals surface area contributed by atoms with E-state index in [1.807, 2.05) is 32.8 Å². The van der Waals surface area contributed by atoms with Crippen molar-refractivity contribution in [1.82, 2.24) is 4.90 Å². The van der Waals surface area contributed by atoms with Gasteiger partial charge in [-0.1, -0.05) is 27.7 Å². The molecule has 0 radical (unpaired) electrons. The fourth-order valence-electron chi connectivity index (χ4n) is 8.58. The molecule has 3 unspecified atom stereocenters. The van der Waals surface area contributed by atoms with E-state index < -0.39 is 102 Å². The maximum Gasteiger partial charge on any atom is 0.311 e. The molecule has 0 aliphatic carbocycles. The van der Waals surface area contributed by atoms with Gasteiger partial charge >= 0.3 is 5.97 Å². The van der Waals surface area contributed by atoms with Crippen molar-refractivity contribution in [1.29, 1.82) is 0 Å². The van der Waals surface area contributed by atoms with Crippen molar-refractivity contribution in [3.8, 4) is 0 Å². The first-order valence-electron chi connectivity index (χ1n) is 18.9. The summed E-state index contributed by atoms with van der Waals surface area (Å²) < 4.78 is 43.9. The smallest absolute Gasteiger partial charge is 0.311 e. The van der Waals surface area contributed by atoms with Crippen molar-refractivity contribution < 1.29 is 63.2 Å². The lowest BCUT2D eigenvalue weighted by molar-refractivity contribution is -0.319. The van der Waals surface area contributed by atoms with Crippen LogP contribution in [-0.2, 0) is 42.7 Å². The van der Waals surface area contributed by atoms with Gasteiger partial charge in [0, 0.05) is 44.4 Å². The van der Waals surface area contributed by atoms with E-state index in [9.17, 15) is 30.0 Å². The number of esters is 1. The van der Waals surface area contributed by atoms with E-state index in [4.69, 9.17) is 33.2 Å². The Morgan fingerprint density at radius 3 is 1.98 bits per heavy atom. The van der Waals surface area contributed by atoms with Gasteiger partial charge in [-0.2, -0.15) is 0 Å². The van der Waals surface area contributed by atoms with Crippen molar-refractivity contribution in [3.63, 3.8) is 0 Å². The molecule has 0 spiro atoms. The third-order valence-corrected chi connectivity index (χ3v) is 12.3. The summed E-state index contributed by atoms with van der Waals surface area (Å²) in [5.74, 6) is -4.47. The van der Waals surface area contributed by atoms with Crippen LogP contribution < -0.4 is 0 Å². The van der Waals surface area contributed by atoms with E-state index in [0.29, 0.717) is 6.42 Å². The normalized spacial score (nSPS) is 49.0. The first kappa shape index (κ1) is 45.1. The largest absolute Gasteiger partial charge is 0.459 e. The number of ketones is 1. The zero-order chi connectivity index (χ0) is 39.7. The number of carbonyl (C=O) groups is 2. The Morgan fingerprint density at radius 2 is 1.44 bits per heavy atom. The van der Waals surface area contributed by atoms with Gasteiger partial charge in [0.05, 0.1) is 47.6 Å². The third kappa shape index (κ3) is 9.38. The molecule has 304 valence electrons. The second kappa shape index (κ2) is 17.7. The first-order valence-corrected chi connectivity index (χ1v) is 18.9. The lowest BCUT2D eigenvalue weighted by Crippen LogP contribution is -2.61. The fourth-order valence-corrected chi connectivity index (χ4v) is 8.58. The van der Waals surface area contributed by atoms with Crippen LogP contribution in [0.25, 0.3) is 0 Å². The molecule has 3 saturated heterocycles. The van der Waals surface area contributed by atoms with Gasteiger partial charge < -0.3 is 58.5 Å². The number of hydrogen-bond donors (Lipinski definition) is 4. The minimum Gasteiger partial charge on any atom is -0.459 e. The Bertz CT molecular complexity index is 1190. The summed E-state index contributed by atoms with van der Waals surface area (Å²) in [5.41, 5.74) is -4.24. The van der Waals surface area contributed by atoms with Crippen LogP contribution in [0.15, 0.2) is 0 Å². The molecule has 0 aromatic rings. The third-order valence-electron chi connectivity index (χ3n) is 12.3. The van der Waals surface area contributed by atoms with Crippen LogP contribution in [0.5, 0.6) is 0 Å². The second-order valence-electron chi connectivity index (χ2n) is 16.6. The number of nitrogens with zero attached hydrogens (tertiary/aromatic N) is 1. The molecule has 4 N–H and O–H groups in total. The highest BCUT2D eigenvalue weighted by Crippen LogP contribution is 2.41. The highest BCUT2D eigenvalue weighted by atomic mass is 16.7. The van der Waals surface area contributed by atoms with Crippen LogP contribution in [0, 0.1) is 23.7 Å². The number of methoxy groups -OCH3 is 2. The van der Waals surface area contributed by atoms with E-state index in [1.165, 1.54) is 21.1 Å². The summed E-state index contributed by atoms with van der Waals surface area (Å²) in [6.45, 7) is 17.1. The summed E-state index contributed by atoms with van der Waals surface area (Å²) in [4.78, 5) is 30.1. The van der Waals surface area contributed by atoms with Crippen LogP contribution >= 0.6 is 0 Å². The van der Waals surface area contributed by atoms with E-state index in [1.54, 1.807) is 48.5 Å². The summed E-state index contributed by atoms with van der Waals surface area (Å²) in [5, 5.41) is 45.6. The molecule has 52 heavy (non-hydrogen) atoms. The Kier molecular flexibility index (Phi) is 15.3. The van der Waals surface area contributed by atoms with Crippen molar-refractivity contribution in [2.24, 2.45) is 23.7 Å². The highest BCUT2D eigenvalue weighted by Gasteiger charge is 2.54. The van der Waals surface area contributed by atoms with Gasteiger partial charge in [-0.3, -0.25) is 9.59 Å². The average molecular weight is 748 g/mol. The highest BCUT2D eigenvalue weighted by molar-refractivity contribution is 5.83. The minimum absolute atomic E-state index is 0.111. The Balaban J connectivity index is 2.22.